The lowest BCUT2D eigenvalue weighted by atomic mass is 10.2. The fourth-order valence-corrected chi connectivity index (χ4v) is 2.63. The average Bonchev–Trinajstić information content (AvgIpc) is 2.56. The van der Waals surface area contributed by atoms with Crippen LogP contribution in [0, 0.1) is 0 Å². The van der Waals surface area contributed by atoms with Gasteiger partial charge in [0.25, 0.3) is 0 Å². The Balaban J connectivity index is 1.73. The van der Waals surface area contributed by atoms with Gasteiger partial charge in [0, 0.05) is 23.7 Å². The van der Waals surface area contributed by atoms with Crippen LogP contribution in [0.25, 0.3) is 0 Å². The molecule has 0 radical (unpaired) electrons. The minimum atomic E-state index is 0.770. The molecule has 0 bridgehead atoms. The van der Waals surface area contributed by atoms with Gasteiger partial charge in [0.15, 0.2) is 5.16 Å². The van der Waals surface area contributed by atoms with Crippen LogP contribution in [-0.4, -0.2) is 9.97 Å². The van der Waals surface area contributed by atoms with E-state index in [1.807, 2.05) is 54.6 Å². The summed E-state index contributed by atoms with van der Waals surface area (Å²) in [4.78, 5) is 8.44. The third kappa shape index (κ3) is 3.83. The molecule has 0 N–H and O–H groups in total. The lowest BCUT2D eigenvalue weighted by molar-refractivity contribution is 0.478. The van der Waals surface area contributed by atoms with Crippen LogP contribution in [0.15, 0.2) is 78.2 Å². The molecule has 3 rings (SSSR count). The summed E-state index contributed by atoms with van der Waals surface area (Å²) in [6.45, 7) is 0. The summed E-state index contributed by atoms with van der Waals surface area (Å²) in [6.07, 6.45) is 3.50. The molecule has 0 saturated heterocycles. The smallest absolute Gasteiger partial charge is 0.187 e. The highest BCUT2D eigenvalue weighted by Gasteiger charge is 2.06. The molecule has 4 heteroatoms. The Hall–Kier alpha value is -2.33. The Labute approximate surface area is 128 Å². The molecule has 0 spiro atoms. The molecule has 0 aliphatic rings. The molecule has 3 nitrogen and oxygen atoms in total. The maximum atomic E-state index is 5.94. The van der Waals surface area contributed by atoms with Crippen molar-refractivity contribution >= 4 is 11.8 Å². The molecule has 0 unspecified atom stereocenters. The first kappa shape index (κ1) is 13.6. The summed E-state index contributed by atoms with van der Waals surface area (Å²) in [5, 5.41) is 0.770. The molecule has 1 aromatic heterocycles. The first-order valence-corrected chi connectivity index (χ1v) is 7.61. The number of ether oxygens (including phenoxy) is 1. The Morgan fingerprint density at radius 2 is 1.52 bits per heavy atom. The molecule has 2 aromatic carbocycles. The normalized spacial score (nSPS) is 10.3. The molecule has 1 heterocycles. The van der Waals surface area contributed by atoms with Crippen molar-refractivity contribution in [1.29, 1.82) is 0 Å². The van der Waals surface area contributed by atoms with Crippen molar-refractivity contribution in [3.63, 3.8) is 0 Å². The van der Waals surface area contributed by atoms with Crippen LogP contribution in [0.1, 0.15) is 5.56 Å². The van der Waals surface area contributed by atoms with E-state index in [0.29, 0.717) is 0 Å². The summed E-state index contributed by atoms with van der Waals surface area (Å²) in [5.74, 6) is 2.48. The van der Waals surface area contributed by atoms with Gasteiger partial charge in [-0.1, -0.05) is 48.2 Å². The van der Waals surface area contributed by atoms with Gasteiger partial charge >= 0.3 is 0 Å². The van der Waals surface area contributed by atoms with Crippen LogP contribution >= 0.6 is 11.8 Å². The number of rotatable bonds is 5. The Kier molecular flexibility index (Phi) is 4.49. The first-order chi connectivity index (χ1) is 10.4. The van der Waals surface area contributed by atoms with Gasteiger partial charge < -0.3 is 4.74 Å². The molecular formula is C17H14N2OS. The highest BCUT2D eigenvalue weighted by molar-refractivity contribution is 7.98. The van der Waals surface area contributed by atoms with Crippen LogP contribution in [0.4, 0.5) is 0 Å². The van der Waals surface area contributed by atoms with Gasteiger partial charge in [0.1, 0.15) is 11.5 Å². The number of para-hydroxylation sites is 2. The molecule has 0 saturated carbocycles. The molecule has 0 amide bonds. The second-order valence-corrected chi connectivity index (χ2v) is 5.29. The summed E-state index contributed by atoms with van der Waals surface area (Å²) in [6, 6.07) is 19.6. The second kappa shape index (κ2) is 6.90. The van der Waals surface area contributed by atoms with E-state index in [4.69, 9.17) is 4.74 Å². The zero-order valence-corrected chi connectivity index (χ0v) is 12.2. The zero-order chi connectivity index (χ0) is 14.3. The average molecular weight is 294 g/mol. The number of hydrogen-bond acceptors (Lipinski definition) is 4. The molecule has 3 aromatic rings. The molecule has 104 valence electrons. The van der Waals surface area contributed by atoms with E-state index in [1.165, 1.54) is 0 Å². The fourth-order valence-electron chi connectivity index (χ4n) is 1.84. The molecule has 0 aliphatic heterocycles. The van der Waals surface area contributed by atoms with Crippen LogP contribution in [-0.2, 0) is 5.75 Å². The monoisotopic (exact) mass is 294 g/mol. The highest BCUT2D eigenvalue weighted by atomic mass is 32.2. The maximum absolute atomic E-state index is 5.94. The van der Waals surface area contributed by atoms with Gasteiger partial charge in [0.2, 0.25) is 0 Å². The van der Waals surface area contributed by atoms with E-state index in [1.54, 1.807) is 24.2 Å². The standard InChI is InChI=1S/C17H14N2OS/c1-2-8-15(9-3-1)20-16-10-5-4-7-14(16)13-21-17-18-11-6-12-19-17/h1-12H,13H2. The van der Waals surface area contributed by atoms with E-state index in [9.17, 15) is 0 Å². The molecule has 0 fully saturated rings. The van der Waals surface area contributed by atoms with Crippen molar-refractivity contribution in [2.75, 3.05) is 0 Å². The molecule has 21 heavy (non-hydrogen) atoms. The van der Waals surface area contributed by atoms with E-state index < -0.39 is 0 Å². The van der Waals surface area contributed by atoms with Gasteiger partial charge in [-0.2, -0.15) is 0 Å². The second-order valence-electron chi connectivity index (χ2n) is 4.34. The summed E-state index contributed by atoms with van der Waals surface area (Å²) in [7, 11) is 0. The zero-order valence-electron chi connectivity index (χ0n) is 11.3. The predicted molar refractivity (Wildman–Crippen MR) is 84.6 cm³/mol. The minimum absolute atomic E-state index is 0.770. The third-order valence-corrected chi connectivity index (χ3v) is 3.77. The van der Waals surface area contributed by atoms with E-state index in [0.717, 1.165) is 28.0 Å². The van der Waals surface area contributed by atoms with Crippen LogP contribution < -0.4 is 4.74 Å². The largest absolute Gasteiger partial charge is 0.457 e. The highest BCUT2D eigenvalue weighted by Crippen LogP contribution is 2.29. The summed E-state index contributed by atoms with van der Waals surface area (Å²) >= 11 is 1.60. The summed E-state index contributed by atoms with van der Waals surface area (Å²) < 4.78 is 5.94. The topological polar surface area (TPSA) is 35.0 Å². The molecular weight excluding hydrogens is 280 g/mol. The number of nitrogens with zero attached hydrogens (tertiary/aromatic N) is 2. The number of thioether (sulfide) groups is 1. The minimum Gasteiger partial charge on any atom is -0.457 e. The van der Waals surface area contributed by atoms with Gasteiger partial charge in [-0.15, -0.1) is 0 Å². The summed E-state index contributed by atoms with van der Waals surface area (Å²) in [5.41, 5.74) is 1.12. The SMILES string of the molecule is c1ccc(Oc2ccccc2CSc2ncccn2)cc1. The van der Waals surface area contributed by atoms with Gasteiger partial charge in [-0.05, 0) is 24.3 Å². The van der Waals surface area contributed by atoms with Crippen LogP contribution in [0.5, 0.6) is 11.5 Å². The van der Waals surface area contributed by atoms with Gasteiger partial charge in [-0.3, -0.25) is 0 Å². The van der Waals surface area contributed by atoms with Gasteiger partial charge in [0.05, 0.1) is 0 Å². The van der Waals surface area contributed by atoms with Gasteiger partial charge in [-0.25, -0.2) is 9.97 Å². The van der Waals surface area contributed by atoms with E-state index in [2.05, 4.69) is 16.0 Å². The predicted octanol–water partition coefficient (Wildman–Crippen LogP) is 4.56. The van der Waals surface area contributed by atoms with E-state index in [-0.39, 0.29) is 0 Å². The number of aromatic nitrogens is 2. The Morgan fingerprint density at radius 1 is 0.810 bits per heavy atom. The number of hydrogen-bond donors (Lipinski definition) is 0. The van der Waals surface area contributed by atoms with Crippen molar-refractivity contribution in [3.8, 4) is 11.5 Å². The first-order valence-electron chi connectivity index (χ1n) is 6.62. The van der Waals surface area contributed by atoms with Crippen molar-refractivity contribution < 1.29 is 4.74 Å². The molecule has 0 aliphatic carbocycles. The lowest BCUT2D eigenvalue weighted by Crippen LogP contribution is -1.91. The number of benzene rings is 2. The Morgan fingerprint density at radius 3 is 2.33 bits per heavy atom. The maximum Gasteiger partial charge on any atom is 0.187 e. The van der Waals surface area contributed by atoms with Crippen LogP contribution in [0.2, 0.25) is 0 Å². The van der Waals surface area contributed by atoms with E-state index >= 15 is 0 Å². The van der Waals surface area contributed by atoms with Crippen molar-refractivity contribution in [2.24, 2.45) is 0 Å². The molecule has 0 atom stereocenters. The van der Waals surface area contributed by atoms with Crippen molar-refractivity contribution in [2.45, 2.75) is 10.9 Å². The lowest BCUT2D eigenvalue weighted by Gasteiger charge is -2.10. The Bertz CT molecular complexity index is 689. The fraction of sp³-hybridized carbons (Fsp3) is 0.0588. The van der Waals surface area contributed by atoms with Crippen LogP contribution in [0.3, 0.4) is 0 Å². The van der Waals surface area contributed by atoms with Crippen molar-refractivity contribution in [3.05, 3.63) is 78.6 Å². The quantitative estimate of drug-likeness (QED) is 0.510. The third-order valence-electron chi connectivity index (χ3n) is 2.84. The van der Waals surface area contributed by atoms with Crippen molar-refractivity contribution in [1.82, 2.24) is 9.97 Å².